The topological polar surface area (TPSA) is 70.6 Å². The monoisotopic (exact) mass is 245 g/mol. The van der Waals surface area contributed by atoms with E-state index in [1.165, 1.54) is 24.3 Å². The molecule has 5 heteroatoms. The van der Waals surface area contributed by atoms with E-state index in [2.05, 4.69) is 10.5 Å². The molecular formula is C11H23N3OS. The zero-order chi connectivity index (χ0) is 12.0. The smallest absolute Gasteiger partial charge is 0.144 e. The summed E-state index contributed by atoms with van der Waals surface area (Å²) in [6.07, 6.45) is 3.48. The lowest BCUT2D eigenvalue weighted by Gasteiger charge is -2.26. The average molecular weight is 245 g/mol. The molecule has 1 heterocycles. The van der Waals surface area contributed by atoms with Crippen LogP contribution in [-0.4, -0.2) is 35.1 Å². The van der Waals surface area contributed by atoms with Gasteiger partial charge in [0.05, 0.1) is 0 Å². The van der Waals surface area contributed by atoms with Crippen molar-refractivity contribution in [2.24, 2.45) is 16.3 Å². The predicted octanol–water partition coefficient (Wildman–Crippen LogP) is 1.63. The number of thioether (sulfide) groups is 1. The highest BCUT2D eigenvalue weighted by Crippen LogP contribution is 2.21. The van der Waals surface area contributed by atoms with Crippen molar-refractivity contribution in [3.63, 3.8) is 0 Å². The van der Waals surface area contributed by atoms with E-state index in [4.69, 9.17) is 10.9 Å². The fourth-order valence-corrected chi connectivity index (χ4v) is 2.86. The van der Waals surface area contributed by atoms with Crippen molar-refractivity contribution in [2.75, 3.05) is 18.1 Å². The van der Waals surface area contributed by atoms with E-state index in [0.717, 1.165) is 13.0 Å². The maximum absolute atomic E-state index is 8.66. The molecule has 1 unspecified atom stereocenters. The van der Waals surface area contributed by atoms with E-state index < -0.39 is 0 Å². The summed E-state index contributed by atoms with van der Waals surface area (Å²) < 4.78 is 0. The van der Waals surface area contributed by atoms with Crippen molar-refractivity contribution in [3.8, 4) is 0 Å². The molecule has 1 saturated heterocycles. The normalized spacial score (nSPS) is 23.4. The van der Waals surface area contributed by atoms with E-state index in [9.17, 15) is 0 Å². The second-order valence-corrected chi connectivity index (χ2v) is 6.14. The van der Waals surface area contributed by atoms with Gasteiger partial charge in [0.2, 0.25) is 0 Å². The Morgan fingerprint density at radius 2 is 2.38 bits per heavy atom. The first-order valence-electron chi connectivity index (χ1n) is 5.85. The van der Waals surface area contributed by atoms with Gasteiger partial charge >= 0.3 is 0 Å². The Bertz CT molecular complexity index is 237. The number of hydrogen-bond donors (Lipinski definition) is 3. The zero-order valence-electron chi connectivity index (χ0n) is 10.2. The van der Waals surface area contributed by atoms with E-state index in [-0.39, 0.29) is 5.41 Å². The maximum Gasteiger partial charge on any atom is 0.144 e. The van der Waals surface area contributed by atoms with Crippen molar-refractivity contribution in [2.45, 2.75) is 39.2 Å². The molecule has 0 amide bonds. The predicted molar refractivity (Wildman–Crippen MR) is 70.2 cm³/mol. The van der Waals surface area contributed by atoms with Gasteiger partial charge in [-0.05, 0) is 31.6 Å². The molecule has 0 aliphatic carbocycles. The van der Waals surface area contributed by atoms with Crippen LogP contribution < -0.4 is 11.1 Å². The number of hydrogen-bond acceptors (Lipinski definition) is 4. The van der Waals surface area contributed by atoms with Crippen molar-refractivity contribution >= 4 is 17.6 Å². The highest BCUT2D eigenvalue weighted by molar-refractivity contribution is 7.99. The minimum absolute atomic E-state index is 0.233. The van der Waals surface area contributed by atoms with Crippen LogP contribution in [0.2, 0.25) is 0 Å². The largest absolute Gasteiger partial charge is 0.409 e. The number of amidine groups is 1. The molecule has 0 aromatic rings. The fourth-order valence-electron chi connectivity index (χ4n) is 1.75. The first-order valence-corrected chi connectivity index (χ1v) is 7.01. The molecule has 0 saturated carbocycles. The molecule has 0 bridgehead atoms. The van der Waals surface area contributed by atoms with Gasteiger partial charge in [0.15, 0.2) is 0 Å². The maximum atomic E-state index is 8.66. The molecule has 1 atom stereocenters. The summed E-state index contributed by atoms with van der Waals surface area (Å²) in [6.45, 7) is 4.92. The van der Waals surface area contributed by atoms with Gasteiger partial charge in [-0.2, -0.15) is 11.8 Å². The molecule has 4 nitrogen and oxygen atoms in total. The van der Waals surface area contributed by atoms with Gasteiger partial charge < -0.3 is 16.3 Å². The third-order valence-electron chi connectivity index (χ3n) is 3.14. The van der Waals surface area contributed by atoms with Crippen molar-refractivity contribution in [1.82, 2.24) is 5.32 Å². The van der Waals surface area contributed by atoms with Gasteiger partial charge in [0, 0.05) is 17.2 Å². The van der Waals surface area contributed by atoms with Crippen LogP contribution in [0.15, 0.2) is 5.16 Å². The van der Waals surface area contributed by atoms with Crippen LogP contribution in [0.3, 0.4) is 0 Å². The summed E-state index contributed by atoms with van der Waals surface area (Å²) in [4.78, 5) is 0. The Labute approximate surface area is 102 Å². The van der Waals surface area contributed by atoms with Gasteiger partial charge in [-0.3, -0.25) is 0 Å². The standard InChI is InChI=1S/C11H23N3OS/c1-11(2,10(12)14-15)5-6-13-9-4-3-7-16-8-9/h9,13,15H,3-8H2,1-2H3,(H2,12,14). The molecule has 1 aliphatic rings. The third kappa shape index (κ3) is 4.22. The number of oxime groups is 1. The third-order valence-corrected chi connectivity index (χ3v) is 4.36. The minimum atomic E-state index is -0.233. The Balaban J connectivity index is 2.23. The van der Waals surface area contributed by atoms with E-state index in [1.54, 1.807) is 0 Å². The lowest BCUT2D eigenvalue weighted by molar-refractivity contribution is 0.304. The van der Waals surface area contributed by atoms with Crippen LogP contribution >= 0.6 is 11.8 Å². The Morgan fingerprint density at radius 3 is 2.94 bits per heavy atom. The van der Waals surface area contributed by atoms with Gasteiger partial charge in [0.25, 0.3) is 0 Å². The van der Waals surface area contributed by atoms with Crippen LogP contribution in [0.25, 0.3) is 0 Å². The van der Waals surface area contributed by atoms with Crippen LogP contribution in [0, 0.1) is 5.41 Å². The van der Waals surface area contributed by atoms with Crippen molar-refractivity contribution in [1.29, 1.82) is 0 Å². The van der Waals surface area contributed by atoms with Crippen LogP contribution in [0.5, 0.6) is 0 Å². The first kappa shape index (κ1) is 13.6. The van der Waals surface area contributed by atoms with Gasteiger partial charge in [-0.25, -0.2) is 0 Å². The lowest BCUT2D eigenvalue weighted by atomic mass is 9.88. The summed E-state index contributed by atoms with van der Waals surface area (Å²) in [5.41, 5.74) is 5.41. The Kier molecular flexibility index (Phi) is 5.41. The van der Waals surface area contributed by atoms with Gasteiger partial charge in [-0.15, -0.1) is 0 Å². The summed E-state index contributed by atoms with van der Waals surface area (Å²) in [5, 5.41) is 15.3. The van der Waals surface area contributed by atoms with Crippen LogP contribution in [-0.2, 0) is 0 Å². The molecule has 1 aliphatic heterocycles. The highest BCUT2D eigenvalue weighted by Gasteiger charge is 2.23. The number of rotatable bonds is 5. The molecule has 0 spiro atoms. The second kappa shape index (κ2) is 6.35. The quantitative estimate of drug-likeness (QED) is 0.298. The van der Waals surface area contributed by atoms with E-state index in [0.29, 0.717) is 11.9 Å². The Morgan fingerprint density at radius 1 is 1.62 bits per heavy atom. The molecule has 0 aromatic carbocycles. The Hall–Kier alpha value is -0.420. The van der Waals surface area contributed by atoms with Crippen molar-refractivity contribution < 1.29 is 5.21 Å². The first-order chi connectivity index (χ1) is 7.56. The second-order valence-electron chi connectivity index (χ2n) is 4.99. The fraction of sp³-hybridized carbons (Fsp3) is 0.909. The molecule has 0 aromatic heterocycles. The molecule has 4 N–H and O–H groups in total. The molecule has 1 fully saturated rings. The van der Waals surface area contributed by atoms with Gasteiger partial charge in [-0.1, -0.05) is 19.0 Å². The number of nitrogens with one attached hydrogen (secondary N) is 1. The molecule has 1 rings (SSSR count). The van der Waals surface area contributed by atoms with Crippen LogP contribution in [0.1, 0.15) is 33.1 Å². The molecular weight excluding hydrogens is 222 g/mol. The van der Waals surface area contributed by atoms with Crippen molar-refractivity contribution in [3.05, 3.63) is 0 Å². The average Bonchev–Trinajstić information content (AvgIpc) is 2.29. The summed E-state index contributed by atoms with van der Waals surface area (Å²) in [5.74, 6) is 2.82. The SMILES string of the molecule is CC(C)(CCNC1CCCSC1)C(N)=NO. The molecule has 0 radical (unpaired) electrons. The van der Waals surface area contributed by atoms with Crippen LogP contribution in [0.4, 0.5) is 0 Å². The number of nitrogens with two attached hydrogens (primary N) is 1. The molecule has 16 heavy (non-hydrogen) atoms. The van der Waals surface area contributed by atoms with Gasteiger partial charge in [0.1, 0.15) is 5.84 Å². The summed E-state index contributed by atoms with van der Waals surface area (Å²) in [7, 11) is 0. The summed E-state index contributed by atoms with van der Waals surface area (Å²) in [6, 6.07) is 0.641. The van der Waals surface area contributed by atoms with E-state index >= 15 is 0 Å². The van der Waals surface area contributed by atoms with E-state index in [1.807, 2.05) is 25.6 Å². The lowest BCUT2D eigenvalue weighted by Crippen LogP contribution is -2.39. The molecule has 94 valence electrons. The minimum Gasteiger partial charge on any atom is -0.409 e. The number of nitrogens with zero attached hydrogens (tertiary/aromatic N) is 1. The summed E-state index contributed by atoms with van der Waals surface area (Å²) >= 11 is 2.02. The highest BCUT2D eigenvalue weighted by atomic mass is 32.2. The zero-order valence-corrected chi connectivity index (χ0v) is 11.0.